The Morgan fingerprint density at radius 2 is 2.04 bits per heavy atom. The third-order valence-electron chi connectivity index (χ3n) is 4.96. The lowest BCUT2D eigenvalue weighted by atomic mass is 9.99. The molecule has 0 spiro atoms. The molecule has 2 fully saturated rings. The summed E-state index contributed by atoms with van der Waals surface area (Å²) in [4.78, 5) is 4.96. The van der Waals surface area contributed by atoms with Gasteiger partial charge in [-0.05, 0) is 37.1 Å². The van der Waals surface area contributed by atoms with Crippen LogP contribution in [0.15, 0.2) is 24.3 Å². The number of halogens is 1. The second-order valence-corrected chi connectivity index (χ2v) is 7.06. The number of morpholine rings is 1. The van der Waals surface area contributed by atoms with Crippen molar-refractivity contribution in [3.05, 3.63) is 34.9 Å². The molecular formula is C18H27ClN2O2. The van der Waals surface area contributed by atoms with E-state index in [1.165, 1.54) is 19.3 Å². The van der Waals surface area contributed by atoms with Crippen LogP contribution in [0.4, 0.5) is 0 Å². The van der Waals surface area contributed by atoms with Crippen LogP contribution in [0.25, 0.3) is 0 Å². The first kappa shape index (κ1) is 17.2. The zero-order valence-electron chi connectivity index (χ0n) is 13.7. The molecule has 128 valence electrons. The van der Waals surface area contributed by atoms with Crippen molar-refractivity contribution < 1.29 is 9.84 Å². The topological polar surface area (TPSA) is 35.9 Å². The summed E-state index contributed by atoms with van der Waals surface area (Å²) in [6.07, 6.45) is 3.26. The number of aliphatic hydroxyl groups excluding tert-OH is 1. The van der Waals surface area contributed by atoms with Crippen LogP contribution in [-0.2, 0) is 4.74 Å². The molecule has 3 rings (SSSR count). The van der Waals surface area contributed by atoms with Crippen LogP contribution in [0.3, 0.4) is 0 Å². The monoisotopic (exact) mass is 338 g/mol. The molecule has 0 aliphatic carbocycles. The molecule has 0 radical (unpaired) electrons. The molecule has 4 nitrogen and oxygen atoms in total. The standard InChI is InChI=1S/C18H27ClN2O2/c19-16-5-3-4-15(12-16)18(22)14-21-7-2-1-6-17(21)13-20-8-10-23-11-9-20/h3-5,12,17-18,22H,1-2,6-11,13-14H2. The van der Waals surface area contributed by atoms with Gasteiger partial charge in [0.25, 0.3) is 0 Å². The maximum atomic E-state index is 10.6. The molecule has 0 bridgehead atoms. The van der Waals surface area contributed by atoms with Crippen molar-refractivity contribution in [2.24, 2.45) is 0 Å². The fourth-order valence-corrected chi connectivity index (χ4v) is 3.83. The molecule has 0 aromatic heterocycles. The average molecular weight is 339 g/mol. The van der Waals surface area contributed by atoms with E-state index in [-0.39, 0.29) is 0 Å². The number of piperidine rings is 1. The van der Waals surface area contributed by atoms with Crippen molar-refractivity contribution in [3.8, 4) is 0 Å². The van der Waals surface area contributed by atoms with Crippen LogP contribution in [0, 0.1) is 0 Å². The minimum absolute atomic E-state index is 0.473. The highest BCUT2D eigenvalue weighted by molar-refractivity contribution is 6.30. The molecule has 1 N–H and O–H groups in total. The number of hydrogen-bond donors (Lipinski definition) is 1. The Kier molecular flexibility index (Phi) is 6.31. The second-order valence-electron chi connectivity index (χ2n) is 6.63. The smallest absolute Gasteiger partial charge is 0.0917 e. The lowest BCUT2D eigenvalue weighted by molar-refractivity contribution is 0.00673. The largest absolute Gasteiger partial charge is 0.387 e. The number of likely N-dealkylation sites (tertiary alicyclic amines) is 1. The maximum Gasteiger partial charge on any atom is 0.0917 e. The Morgan fingerprint density at radius 1 is 1.22 bits per heavy atom. The third-order valence-corrected chi connectivity index (χ3v) is 5.20. The molecular weight excluding hydrogens is 312 g/mol. The van der Waals surface area contributed by atoms with Crippen molar-refractivity contribution in [1.29, 1.82) is 0 Å². The van der Waals surface area contributed by atoms with Gasteiger partial charge in [-0.15, -0.1) is 0 Å². The number of aliphatic hydroxyl groups is 1. The third kappa shape index (κ3) is 4.91. The molecule has 2 heterocycles. The average Bonchev–Trinajstić information content (AvgIpc) is 2.57. The van der Waals surface area contributed by atoms with E-state index in [1.807, 2.05) is 24.3 Å². The fraction of sp³-hybridized carbons (Fsp3) is 0.667. The summed E-state index contributed by atoms with van der Waals surface area (Å²) in [5.74, 6) is 0. The van der Waals surface area contributed by atoms with Crippen molar-refractivity contribution in [2.45, 2.75) is 31.4 Å². The quantitative estimate of drug-likeness (QED) is 0.895. The Morgan fingerprint density at radius 3 is 2.83 bits per heavy atom. The van der Waals surface area contributed by atoms with Gasteiger partial charge < -0.3 is 9.84 Å². The molecule has 2 aliphatic heterocycles. The number of β-amino-alcohol motifs (C(OH)–C–C–N with tert-alkyl or cyclic N) is 1. The van der Waals surface area contributed by atoms with Crippen LogP contribution < -0.4 is 0 Å². The van der Waals surface area contributed by atoms with Gasteiger partial charge in [-0.25, -0.2) is 0 Å². The Labute approximate surface area is 144 Å². The van der Waals surface area contributed by atoms with E-state index in [2.05, 4.69) is 9.80 Å². The lowest BCUT2D eigenvalue weighted by Crippen LogP contribution is -2.50. The zero-order valence-corrected chi connectivity index (χ0v) is 14.4. The lowest BCUT2D eigenvalue weighted by Gasteiger charge is -2.40. The summed E-state index contributed by atoms with van der Waals surface area (Å²) >= 11 is 6.05. The number of hydrogen-bond acceptors (Lipinski definition) is 4. The van der Waals surface area contributed by atoms with Gasteiger partial charge >= 0.3 is 0 Å². The summed E-state index contributed by atoms with van der Waals surface area (Å²) in [6.45, 7) is 6.60. The van der Waals surface area contributed by atoms with Crippen molar-refractivity contribution in [2.75, 3.05) is 45.9 Å². The summed E-state index contributed by atoms with van der Waals surface area (Å²) in [7, 11) is 0. The van der Waals surface area contributed by atoms with E-state index in [9.17, 15) is 5.11 Å². The number of rotatable bonds is 5. The fourth-order valence-electron chi connectivity index (χ4n) is 3.63. The molecule has 1 aromatic rings. The zero-order chi connectivity index (χ0) is 16.1. The Bertz CT molecular complexity index is 494. The molecule has 2 aliphatic rings. The van der Waals surface area contributed by atoms with Gasteiger partial charge in [0.1, 0.15) is 0 Å². The first-order chi connectivity index (χ1) is 11.2. The summed E-state index contributed by atoms with van der Waals surface area (Å²) in [5, 5.41) is 11.3. The second kappa shape index (κ2) is 8.45. The molecule has 2 unspecified atom stereocenters. The predicted octanol–water partition coefficient (Wildman–Crippen LogP) is 2.56. The van der Waals surface area contributed by atoms with Crippen LogP contribution >= 0.6 is 11.6 Å². The van der Waals surface area contributed by atoms with Gasteiger partial charge in [0.05, 0.1) is 19.3 Å². The van der Waals surface area contributed by atoms with Crippen LogP contribution in [0.5, 0.6) is 0 Å². The van der Waals surface area contributed by atoms with Gasteiger partial charge in [-0.3, -0.25) is 9.80 Å². The van der Waals surface area contributed by atoms with E-state index in [4.69, 9.17) is 16.3 Å². The van der Waals surface area contributed by atoms with Gasteiger partial charge in [0.2, 0.25) is 0 Å². The first-order valence-electron chi connectivity index (χ1n) is 8.70. The molecule has 2 atom stereocenters. The van der Waals surface area contributed by atoms with E-state index in [0.717, 1.165) is 45.0 Å². The van der Waals surface area contributed by atoms with Crippen molar-refractivity contribution >= 4 is 11.6 Å². The molecule has 0 amide bonds. The highest BCUT2D eigenvalue weighted by Gasteiger charge is 2.27. The van der Waals surface area contributed by atoms with Crippen LogP contribution in [0.2, 0.25) is 5.02 Å². The maximum absolute atomic E-state index is 10.6. The van der Waals surface area contributed by atoms with E-state index in [1.54, 1.807) is 0 Å². The van der Waals surface area contributed by atoms with Crippen LogP contribution in [-0.4, -0.2) is 66.9 Å². The van der Waals surface area contributed by atoms with Gasteiger partial charge in [0.15, 0.2) is 0 Å². The van der Waals surface area contributed by atoms with E-state index >= 15 is 0 Å². The molecule has 0 saturated carbocycles. The number of nitrogens with zero attached hydrogens (tertiary/aromatic N) is 2. The van der Waals surface area contributed by atoms with Crippen LogP contribution in [0.1, 0.15) is 30.9 Å². The minimum atomic E-state index is -0.473. The normalized spacial score (nSPS) is 25.4. The summed E-state index contributed by atoms with van der Waals surface area (Å²) in [6, 6.07) is 8.11. The van der Waals surface area contributed by atoms with E-state index in [0.29, 0.717) is 17.6 Å². The highest BCUT2D eigenvalue weighted by atomic mass is 35.5. The summed E-state index contributed by atoms with van der Waals surface area (Å²) < 4.78 is 5.44. The molecule has 5 heteroatoms. The minimum Gasteiger partial charge on any atom is -0.387 e. The molecule has 1 aromatic carbocycles. The molecule has 23 heavy (non-hydrogen) atoms. The van der Waals surface area contributed by atoms with Crippen molar-refractivity contribution in [3.63, 3.8) is 0 Å². The summed E-state index contributed by atoms with van der Waals surface area (Å²) in [5.41, 5.74) is 0.910. The first-order valence-corrected chi connectivity index (χ1v) is 9.08. The molecule has 2 saturated heterocycles. The Hall–Kier alpha value is -0.650. The van der Waals surface area contributed by atoms with Gasteiger partial charge in [-0.2, -0.15) is 0 Å². The highest BCUT2D eigenvalue weighted by Crippen LogP contribution is 2.24. The van der Waals surface area contributed by atoms with Gasteiger partial charge in [0, 0.05) is 37.2 Å². The number of ether oxygens (including phenoxy) is 1. The van der Waals surface area contributed by atoms with E-state index < -0.39 is 6.10 Å². The predicted molar refractivity (Wildman–Crippen MR) is 92.9 cm³/mol. The van der Waals surface area contributed by atoms with Gasteiger partial charge in [-0.1, -0.05) is 30.2 Å². The van der Waals surface area contributed by atoms with Crippen molar-refractivity contribution in [1.82, 2.24) is 9.80 Å². The Balaban J connectivity index is 1.59. The number of benzene rings is 1. The SMILES string of the molecule is OC(CN1CCCCC1CN1CCOCC1)c1cccc(Cl)c1.